The highest BCUT2D eigenvalue weighted by atomic mass is 79.9. The standard InChI is InChI=1S/C15H14BrN3O3S/c1-9-3-2-4-10(7-9)14(21)17-8-13(20)18-19-15(22)11-5-6-12(16)23-11/h2-7H,8H2,1H3,(H,17,21)(H,18,20)(H,19,22). The minimum Gasteiger partial charge on any atom is -0.343 e. The highest BCUT2D eigenvalue weighted by Gasteiger charge is 2.11. The topological polar surface area (TPSA) is 87.3 Å². The van der Waals surface area contributed by atoms with Gasteiger partial charge in [0.15, 0.2) is 0 Å². The minimum atomic E-state index is -0.519. The average molecular weight is 396 g/mol. The summed E-state index contributed by atoms with van der Waals surface area (Å²) in [5, 5.41) is 2.49. The Morgan fingerprint density at radius 1 is 1.09 bits per heavy atom. The summed E-state index contributed by atoms with van der Waals surface area (Å²) in [5.74, 6) is -1.29. The van der Waals surface area contributed by atoms with Crippen LogP contribution in [-0.4, -0.2) is 24.3 Å². The molecule has 3 amide bonds. The predicted octanol–water partition coefficient (Wildman–Crippen LogP) is 2.01. The molecule has 0 aliphatic rings. The van der Waals surface area contributed by atoms with Crippen LogP contribution in [0, 0.1) is 6.92 Å². The molecule has 1 aromatic heterocycles. The number of carbonyl (C=O) groups is 3. The number of nitrogens with one attached hydrogen (secondary N) is 3. The van der Waals surface area contributed by atoms with E-state index in [1.165, 1.54) is 11.3 Å². The van der Waals surface area contributed by atoms with E-state index in [0.717, 1.165) is 9.35 Å². The van der Waals surface area contributed by atoms with Crippen molar-refractivity contribution in [3.05, 3.63) is 56.2 Å². The van der Waals surface area contributed by atoms with Crippen LogP contribution in [0.1, 0.15) is 25.6 Å². The van der Waals surface area contributed by atoms with Crippen molar-refractivity contribution < 1.29 is 14.4 Å². The van der Waals surface area contributed by atoms with Gasteiger partial charge in [-0.3, -0.25) is 25.2 Å². The number of hydrogen-bond donors (Lipinski definition) is 3. The first-order valence-corrected chi connectivity index (χ1v) is 8.26. The fourth-order valence-corrected chi connectivity index (χ4v) is 3.00. The van der Waals surface area contributed by atoms with Crippen LogP contribution < -0.4 is 16.2 Å². The molecule has 120 valence electrons. The van der Waals surface area contributed by atoms with Gasteiger partial charge in [0.2, 0.25) is 0 Å². The van der Waals surface area contributed by atoms with Gasteiger partial charge in [0.25, 0.3) is 17.7 Å². The van der Waals surface area contributed by atoms with Crippen LogP contribution >= 0.6 is 27.3 Å². The van der Waals surface area contributed by atoms with Crippen molar-refractivity contribution in [1.29, 1.82) is 0 Å². The lowest BCUT2D eigenvalue weighted by Gasteiger charge is -2.08. The third-order valence-electron chi connectivity index (χ3n) is 2.80. The Bertz CT molecular complexity index is 745. The van der Waals surface area contributed by atoms with Gasteiger partial charge in [0, 0.05) is 5.56 Å². The second-order valence-electron chi connectivity index (χ2n) is 4.66. The molecule has 0 aliphatic carbocycles. The molecule has 0 saturated carbocycles. The molecule has 6 nitrogen and oxygen atoms in total. The van der Waals surface area contributed by atoms with E-state index in [-0.39, 0.29) is 12.5 Å². The van der Waals surface area contributed by atoms with Crippen LogP contribution in [0.5, 0.6) is 0 Å². The zero-order valence-electron chi connectivity index (χ0n) is 12.2. The van der Waals surface area contributed by atoms with E-state index in [9.17, 15) is 14.4 Å². The normalized spacial score (nSPS) is 10.0. The van der Waals surface area contributed by atoms with E-state index in [4.69, 9.17) is 0 Å². The van der Waals surface area contributed by atoms with Gasteiger partial charge in [0.05, 0.1) is 15.2 Å². The minimum absolute atomic E-state index is 0.235. The Morgan fingerprint density at radius 2 is 1.87 bits per heavy atom. The van der Waals surface area contributed by atoms with Crippen LogP contribution in [0.25, 0.3) is 0 Å². The number of hydrazine groups is 1. The highest BCUT2D eigenvalue weighted by Crippen LogP contribution is 2.21. The number of thiophene rings is 1. The first kappa shape index (κ1) is 17.2. The second kappa shape index (κ2) is 7.89. The average Bonchev–Trinajstić information content (AvgIpc) is 2.96. The molecule has 0 unspecified atom stereocenters. The van der Waals surface area contributed by atoms with Crippen molar-refractivity contribution in [2.45, 2.75) is 6.92 Å². The third-order valence-corrected chi connectivity index (χ3v) is 4.42. The molecule has 0 radical (unpaired) electrons. The fourth-order valence-electron chi connectivity index (χ4n) is 1.72. The quantitative estimate of drug-likeness (QED) is 0.691. The van der Waals surface area contributed by atoms with Crippen molar-refractivity contribution in [1.82, 2.24) is 16.2 Å². The lowest BCUT2D eigenvalue weighted by molar-refractivity contribution is -0.120. The van der Waals surface area contributed by atoms with Crippen LogP contribution in [0.3, 0.4) is 0 Å². The van der Waals surface area contributed by atoms with Gasteiger partial charge in [-0.1, -0.05) is 17.7 Å². The summed E-state index contributed by atoms with van der Waals surface area (Å²) in [6, 6.07) is 10.4. The first-order valence-electron chi connectivity index (χ1n) is 6.65. The van der Waals surface area contributed by atoms with Crippen molar-refractivity contribution in [3.63, 3.8) is 0 Å². The summed E-state index contributed by atoms with van der Waals surface area (Å²) in [5.41, 5.74) is 5.96. The van der Waals surface area contributed by atoms with E-state index in [1.54, 1.807) is 30.3 Å². The molecule has 3 N–H and O–H groups in total. The summed E-state index contributed by atoms with van der Waals surface area (Å²) in [6.45, 7) is 1.64. The van der Waals surface area contributed by atoms with Crippen LogP contribution in [0.2, 0.25) is 0 Å². The molecule has 0 atom stereocenters. The van der Waals surface area contributed by atoms with Crippen LogP contribution in [-0.2, 0) is 4.79 Å². The molecule has 0 fully saturated rings. The maximum atomic E-state index is 11.9. The summed E-state index contributed by atoms with van der Waals surface area (Å²) < 4.78 is 0.819. The van der Waals surface area contributed by atoms with E-state index in [1.807, 2.05) is 13.0 Å². The predicted molar refractivity (Wildman–Crippen MR) is 91.1 cm³/mol. The number of hydrogen-bond acceptors (Lipinski definition) is 4. The summed E-state index contributed by atoms with van der Waals surface area (Å²) in [4.78, 5) is 35.7. The lowest BCUT2D eigenvalue weighted by atomic mass is 10.1. The van der Waals surface area contributed by atoms with Crippen molar-refractivity contribution in [2.24, 2.45) is 0 Å². The maximum Gasteiger partial charge on any atom is 0.279 e. The number of amides is 3. The lowest BCUT2D eigenvalue weighted by Crippen LogP contribution is -2.46. The van der Waals surface area contributed by atoms with E-state index in [2.05, 4.69) is 32.1 Å². The van der Waals surface area contributed by atoms with Gasteiger partial charge >= 0.3 is 0 Å². The fraction of sp³-hybridized carbons (Fsp3) is 0.133. The van der Waals surface area contributed by atoms with Gasteiger partial charge in [-0.15, -0.1) is 11.3 Å². The summed E-state index contributed by atoms with van der Waals surface area (Å²) in [6.07, 6.45) is 0. The van der Waals surface area contributed by atoms with Crippen molar-refractivity contribution in [3.8, 4) is 0 Å². The zero-order valence-corrected chi connectivity index (χ0v) is 14.6. The van der Waals surface area contributed by atoms with E-state index >= 15 is 0 Å². The molecule has 23 heavy (non-hydrogen) atoms. The maximum absolute atomic E-state index is 11.9. The molecular weight excluding hydrogens is 382 g/mol. The molecule has 2 aromatic rings. The molecule has 1 aromatic carbocycles. The zero-order chi connectivity index (χ0) is 16.8. The van der Waals surface area contributed by atoms with Gasteiger partial charge in [-0.2, -0.15) is 0 Å². The smallest absolute Gasteiger partial charge is 0.279 e. The molecule has 8 heteroatoms. The monoisotopic (exact) mass is 395 g/mol. The van der Waals surface area contributed by atoms with Crippen LogP contribution in [0.4, 0.5) is 0 Å². The number of aryl methyl sites for hydroxylation is 1. The SMILES string of the molecule is Cc1cccc(C(=O)NCC(=O)NNC(=O)c2ccc(Br)s2)c1. The van der Waals surface area contributed by atoms with Crippen LogP contribution in [0.15, 0.2) is 40.2 Å². The Morgan fingerprint density at radius 3 is 2.52 bits per heavy atom. The largest absolute Gasteiger partial charge is 0.343 e. The van der Waals surface area contributed by atoms with Gasteiger partial charge in [-0.25, -0.2) is 0 Å². The number of halogens is 1. The van der Waals surface area contributed by atoms with Gasteiger partial charge in [0.1, 0.15) is 0 Å². The Labute approximate surface area is 145 Å². The molecule has 0 saturated heterocycles. The number of benzene rings is 1. The Hall–Kier alpha value is -2.19. The molecule has 0 aliphatic heterocycles. The Kier molecular flexibility index (Phi) is 5.89. The molecular formula is C15H14BrN3O3S. The number of carbonyl (C=O) groups excluding carboxylic acids is 3. The van der Waals surface area contributed by atoms with E-state index in [0.29, 0.717) is 10.4 Å². The van der Waals surface area contributed by atoms with Gasteiger partial charge in [-0.05, 0) is 47.1 Å². The van der Waals surface area contributed by atoms with Crippen molar-refractivity contribution >= 4 is 45.0 Å². The molecule has 0 bridgehead atoms. The highest BCUT2D eigenvalue weighted by molar-refractivity contribution is 9.11. The second-order valence-corrected chi connectivity index (χ2v) is 7.12. The number of rotatable bonds is 4. The van der Waals surface area contributed by atoms with E-state index < -0.39 is 11.8 Å². The van der Waals surface area contributed by atoms with Gasteiger partial charge < -0.3 is 5.32 Å². The first-order chi connectivity index (χ1) is 11.0. The molecule has 1 heterocycles. The third kappa shape index (κ3) is 5.19. The summed E-state index contributed by atoms with van der Waals surface area (Å²) in [7, 11) is 0. The molecule has 0 spiro atoms. The Balaban J connectivity index is 1.77. The molecule has 2 rings (SSSR count). The summed E-state index contributed by atoms with van der Waals surface area (Å²) >= 11 is 4.50. The van der Waals surface area contributed by atoms with Crippen molar-refractivity contribution in [2.75, 3.05) is 6.54 Å².